The van der Waals surface area contributed by atoms with Crippen LogP contribution in [0.25, 0.3) is 86.8 Å². The zero-order valence-corrected chi connectivity index (χ0v) is 26.9. The van der Waals surface area contributed by atoms with Crippen molar-refractivity contribution in [3.05, 3.63) is 157 Å². The van der Waals surface area contributed by atoms with Crippen molar-refractivity contribution in [2.75, 3.05) is 0 Å². The lowest BCUT2D eigenvalue weighted by atomic mass is 9.98. The van der Waals surface area contributed by atoms with Crippen LogP contribution in [0.3, 0.4) is 0 Å². The molecule has 3 aromatic heterocycles. The lowest BCUT2D eigenvalue weighted by Gasteiger charge is -2.14. The Balaban J connectivity index is 1.30. The minimum Gasteiger partial charge on any atom is -0.278 e. The summed E-state index contributed by atoms with van der Waals surface area (Å²) in [5.41, 5.74) is 10.1. The highest BCUT2D eigenvalue weighted by Crippen LogP contribution is 2.42. The summed E-state index contributed by atoms with van der Waals surface area (Å²) in [6.07, 6.45) is 9.06. The fourth-order valence-corrected chi connectivity index (χ4v) is 8.49. The van der Waals surface area contributed by atoms with E-state index in [9.17, 15) is 0 Å². The van der Waals surface area contributed by atoms with Gasteiger partial charge in [0, 0.05) is 41.9 Å². The Bertz CT molecular complexity index is 2780. The van der Waals surface area contributed by atoms with Crippen molar-refractivity contribution >= 4 is 69.8 Å². The van der Waals surface area contributed by atoms with Gasteiger partial charge in [-0.25, -0.2) is 9.97 Å². The molecule has 9 aromatic rings. The molecule has 1 aliphatic carbocycles. The van der Waals surface area contributed by atoms with Gasteiger partial charge in [-0.2, -0.15) is 0 Å². The van der Waals surface area contributed by atoms with Gasteiger partial charge in [0.25, 0.3) is 0 Å². The Labute approximate surface area is 281 Å². The second-order valence-electron chi connectivity index (χ2n) is 12.5. The van der Waals surface area contributed by atoms with Gasteiger partial charge in [0.1, 0.15) is 0 Å². The number of benzene rings is 6. The van der Waals surface area contributed by atoms with Crippen LogP contribution in [-0.4, -0.2) is 14.5 Å². The van der Waals surface area contributed by atoms with Gasteiger partial charge in [0.05, 0.1) is 22.2 Å². The van der Waals surface area contributed by atoms with Crippen LogP contribution < -0.4 is 0 Å². The van der Waals surface area contributed by atoms with E-state index in [4.69, 9.17) is 9.97 Å². The molecule has 4 heteroatoms. The van der Waals surface area contributed by atoms with Gasteiger partial charge in [-0.15, -0.1) is 11.3 Å². The lowest BCUT2D eigenvalue weighted by molar-refractivity contribution is 1.02. The van der Waals surface area contributed by atoms with E-state index in [0.717, 1.165) is 46.0 Å². The van der Waals surface area contributed by atoms with Crippen molar-refractivity contribution in [1.82, 2.24) is 14.5 Å². The topological polar surface area (TPSA) is 30.7 Å². The highest BCUT2D eigenvalue weighted by atomic mass is 32.1. The van der Waals surface area contributed by atoms with E-state index in [1.807, 2.05) is 11.3 Å². The van der Waals surface area contributed by atoms with Crippen molar-refractivity contribution in [2.45, 2.75) is 12.8 Å². The smallest absolute Gasteiger partial charge is 0.235 e. The van der Waals surface area contributed by atoms with E-state index in [2.05, 4.69) is 156 Å². The number of nitrogens with zero attached hydrogens (tertiary/aromatic N) is 3. The Hall–Kier alpha value is -5.84. The third-order valence-electron chi connectivity index (χ3n) is 9.64. The number of thiophene rings is 1. The van der Waals surface area contributed by atoms with Crippen LogP contribution in [0.2, 0.25) is 0 Å². The van der Waals surface area contributed by atoms with Crippen molar-refractivity contribution in [1.29, 1.82) is 0 Å². The molecule has 0 amide bonds. The van der Waals surface area contributed by atoms with Crippen LogP contribution in [0, 0.1) is 0 Å². The number of allylic oxidation sites excluding steroid dienone is 4. The van der Waals surface area contributed by atoms with Gasteiger partial charge in [0.2, 0.25) is 5.95 Å². The van der Waals surface area contributed by atoms with Crippen LogP contribution in [0.15, 0.2) is 152 Å². The van der Waals surface area contributed by atoms with E-state index in [1.165, 1.54) is 53.2 Å². The molecule has 0 saturated heterocycles. The molecule has 0 aliphatic heterocycles. The predicted octanol–water partition coefficient (Wildman–Crippen LogP) is 12.2. The molecule has 0 bridgehead atoms. The molecule has 0 unspecified atom stereocenters. The number of aromatic nitrogens is 3. The minimum atomic E-state index is 0.682. The van der Waals surface area contributed by atoms with Crippen molar-refractivity contribution < 1.29 is 0 Å². The monoisotopic (exact) mass is 631 g/mol. The van der Waals surface area contributed by atoms with Gasteiger partial charge >= 0.3 is 0 Å². The van der Waals surface area contributed by atoms with E-state index in [0.29, 0.717) is 5.95 Å². The molecule has 0 spiro atoms. The molecule has 0 saturated carbocycles. The summed E-state index contributed by atoms with van der Waals surface area (Å²) in [4.78, 5) is 10.9. The van der Waals surface area contributed by atoms with E-state index in [1.54, 1.807) is 0 Å². The Morgan fingerprint density at radius 1 is 0.521 bits per heavy atom. The Morgan fingerprint density at radius 3 is 2.21 bits per heavy atom. The van der Waals surface area contributed by atoms with E-state index >= 15 is 0 Å². The summed E-state index contributed by atoms with van der Waals surface area (Å²) in [6.45, 7) is 0. The van der Waals surface area contributed by atoms with Crippen molar-refractivity contribution in [2.24, 2.45) is 0 Å². The first-order chi connectivity index (χ1) is 23.8. The molecular formula is C44H29N3S. The van der Waals surface area contributed by atoms with Crippen LogP contribution in [0.1, 0.15) is 18.4 Å². The number of hydrogen-bond donors (Lipinski definition) is 0. The number of para-hydroxylation sites is 1. The maximum absolute atomic E-state index is 5.48. The summed E-state index contributed by atoms with van der Waals surface area (Å²) >= 11 is 1.82. The predicted molar refractivity (Wildman–Crippen MR) is 204 cm³/mol. The van der Waals surface area contributed by atoms with Gasteiger partial charge in [-0.3, -0.25) is 4.57 Å². The second kappa shape index (κ2) is 10.9. The largest absolute Gasteiger partial charge is 0.278 e. The zero-order chi connectivity index (χ0) is 31.6. The van der Waals surface area contributed by atoms with Crippen molar-refractivity contribution in [3.8, 4) is 28.3 Å². The van der Waals surface area contributed by atoms with Crippen LogP contribution in [-0.2, 0) is 0 Å². The first kappa shape index (κ1) is 27.3. The van der Waals surface area contributed by atoms with Gasteiger partial charge < -0.3 is 0 Å². The minimum absolute atomic E-state index is 0.682. The molecular weight excluding hydrogens is 603 g/mol. The SMILES string of the molecule is C1=CC(c2ccc3c(c2)c2ccccc2n3-c2nc(-c3cccc(-c4ccccc4)c3)c3ccc4sc5ccccc5c4c3n2)=CCC1. The molecule has 3 heterocycles. The fraction of sp³-hybridized carbons (Fsp3) is 0.0455. The maximum atomic E-state index is 5.48. The zero-order valence-electron chi connectivity index (χ0n) is 26.1. The Kier molecular flexibility index (Phi) is 6.18. The quantitative estimate of drug-likeness (QED) is 0.193. The number of hydrogen-bond acceptors (Lipinski definition) is 3. The van der Waals surface area contributed by atoms with Crippen LogP contribution in [0.4, 0.5) is 0 Å². The van der Waals surface area contributed by atoms with Crippen LogP contribution >= 0.6 is 11.3 Å². The van der Waals surface area contributed by atoms with Gasteiger partial charge in [-0.1, -0.05) is 109 Å². The first-order valence-corrected chi connectivity index (χ1v) is 17.3. The highest BCUT2D eigenvalue weighted by molar-refractivity contribution is 7.26. The van der Waals surface area contributed by atoms with Crippen molar-refractivity contribution in [3.63, 3.8) is 0 Å². The lowest BCUT2D eigenvalue weighted by Crippen LogP contribution is -2.03. The molecule has 0 N–H and O–H groups in total. The molecule has 10 rings (SSSR count). The maximum Gasteiger partial charge on any atom is 0.235 e. The molecule has 226 valence electrons. The van der Waals surface area contributed by atoms with E-state index in [-0.39, 0.29) is 0 Å². The van der Waals surface area contributed by atoms with E-state index < -0.39 is 0 Å². The fourth-order valence-electron chi connectivity index (χ4n) is 7.38. The molecule has 0 radical (unpaired) electrons. The van der Waals surface area contributed by atoms with Gasteiger partial charge in [-0.05, 0) is 77.6 Å². The summed E-state index contributed by atoms with van der Waals surface area (Å²) in [5, 5.41) is 5.89. The average molecular weight is 632 g/mol. The number of rotatable bonds is 4. The molecule has 1 aliphatic rings. The molecule has 0 fully saturated rings. The highest BCUT2D eigenvalue weighted by Gasteiger charge is 2.20. The van der Waals surface area contributed by atoms with Gasteiger partial charge in [0.15, 0.2) is 0 Å². The summed E-state index contributed by atoms with van der Waals surface area (Å²) in [6, 6.07) is 47.9. The summed E-state index contributed by atoms with van der Waals surface area (Å²) in [7, 11) is 0. The second-order valence-corrected chi connectivity index (χ2v) is 13.6. The Morgan fingerprint density at radius 2 is 1.31 bits per heavy atom. The first-order valence-electron chi connectivity index (χ1n) is 16.5. The molecule has 0 atom stereocenters. The third-order valence-corrected chi connectivity index (χ3v) is 10.8. The molecule has 6 aromatic carbocycles. The summed E-state index contributed by atoms with van der Waals surface area (Å²) < 4.78 is 4.76. The standard InChI is InChI=1S/C44H29N3S/c1-3-12-28(13-4-1)30-16-11-17-32(26-30)42-35-23-25-40-41(34-19-8-10-21-39(34)48-40)43(35)46-44(45-42)47-37-20-9-7-18-33(37)36-27-31(22-24-38(36)47)29-14-5-2-6-15-29/h1,3-5,7-27H,2,6H2. The normalized spacial score (nSPS) is 13.3. The average Bonchev–Trinajstić information content (AvgIpc) is 3.71. The molecule has 48 heavy (non-hydrogen) atoms. The molecule has 3 nitrogen and oxygen atoms in total. The number of fused-ring (bicyclic) bond motifs is 8. The summed E-state index contributed by atoms with van der Waals surface area (Å²) in [5.74, 6) is 0.682. The third kappa shape index (κ3) is 4.27. The van der Waals surface area contributed by atoms with Crippen LogP contribution in [0.5, 0.6) is 0 Å².